The van der Waals surface area contributed by atoms with Crippen LogP contribution < -0.4 is 10.6 Å². The molecule has 4 heteroatoms. The average Bonchev–Trinajstić information content (AvgIpc) is 2.46. The van der Waals surface area contributed by atoms with Crippen LogP contribution in [0.1, 0.15) is 18.4 Å². The van der Waals surface area contributed by atoms with Gasteiger partial charge in [-0.2, -0.15) is 0 Å². The molecule has 1 amide bonds. The van der Waals surface area contributed by atoms with Crippen molar-refractivity contribution in [2.45, 2.75) is 24.9 Å². The smallest absolute Gasteiger partial charge is 0.240 e. The van der Waals surface area contributed by atoms with Gasteiger partial charge in [-0.15, -0.1) is 0 Å². The van der Waals surface area contributed by atoms with Crippen LogP contribution in [-0.2, 0) is 11.3 Å². The fourth-order valence-electron chi connectivity index (χ4n) is 2.66. The molecule has 104 valence electrons. The summed E-state index contributed by atoms with van der Waals surface area (Å²) >= 11 is 0. The predicted octanol–water partition coefficient (Wildman–Crippen LogP) is 0.987. The van der Waals surface area contributed by atoms with Crippen LogP contribution in [0.15, 0.2) is 30.3 Å². The third-order valence-electron chi connectivity index (χ3n) is 4.01. The van der Waals surface area contributed by atoms with Crippen LogP contribution in [0.3, 0.4) is 0 Å². The van der Waals surface area contributed by atoms with Gasteiger partial charge in [0.05, 0.1) is 0 Å². The first kappa shape index (κ1) is 14.0. The normalized spacial score (nSPS) is 18.3. The van der Waals surface area contributed by atoms with Crippen LogP contribution in [0.2, 0.25) is 0 Å². The number of benzene rings is 1. The third-order valence-corrected chi connectivity index (χ3v) is 4.01. The maximum atomic E-state index is 12.6. The van der Waals surface area contributed by atoms with Gasteiger partial charge in [0.15, 0.2) is 0 Å². The van der Waals surface area contributed by atoms with Gasteiger partial charge in [0.25, 0.3) is 0 Å². The predicted molar refractivity (Wildman–Crippen MR) is 76.8 cm³/mol. The van der Waals surface area contributed by atoms with Crippen LogP contribution >= 0.6 is 0 Å². The molecule has 1 aliphatic heterocycles. The molecule has 0 saturated carbocycles. The van der Waals surface area contributed by atoms with Gasteiger partial charge in [0, 0.05) is 6.54 Å². The number of nitrogens with one attached hydrogen (secondary N) is 2. The molecule has 1 fully saturated rings. The minimum absolute atomic E-state index is 0.142. The monoisotopic (exact) mass is 261 g/mol. The highest BCUT2D eigenvalue weighted by Crippen LogP contribution is 2.24. The van der Waals surface area contributed by atoms with Crippen molar-refractivity contribution in [3.63, 3.8) is 0 Å². The number of carbonyl (C=O) groups excluding carboxylic acids is 1. The van der Waals surface area contributed by atoms with Crippen molar-refractivity contribution in [2.24, 2.45) is 0 Å². The molecular formula is C15H23N3O. The molecule has 1 heterocycles. The van der Waals surface area contributed by atoms with Crippen molar-refractivity contribution < 1.29 is 4.79 Å². The van der Waals surface area contributed by atoms with Gasteiger partial charge in [-0.25, -0.2) is 0 Å². The molecule has 0 aromatic heterocycles. The highest BCUT2D eigenvalue weighted by molar-refractivity contribution is 5.86. The highest BCUT2D eigenvalue weighted by atomic mass is 16.2. The van der Waals surface area contributed by atoms with E-state index in [0.29, 0.717) is 6.54 Å². The Morgan fingerprint density at radius 2 is 1.89 bits per heavy atom. The quantitative estimate of drug-likeness (QED) is 0.849. The Kier molecular flexibility index (Phi) is 4.56. The lowest BCUT2D eigenvalue weighted by Gasteiger charge is -2.41. The number of piperidine rings is 1. The second-order valence-electron chi connectivity index (χ2n) is 5.34. The summed E-state index contributed by atoms with van der Waals surface area (Å²) in [7, 11) is 3.99. The SMILES string of the molecule is CN(C)C1(C(=O)NCc2ccccc2)CCNCC1. The molecule has 0 unspecified atom stereocenters. The first-order valence-corrected chi connectivity index (χ1v) is 6.85. The Balaban J connectivity index is 2.00. The standard InChI is InChI=1S/C15H23N3O/c1-18(2)15(8-10-16-11-9-15)14(19)17-12-13-6-4-3-5-7-13/h3-7,16H,8-12H2,1-2H3,(H,17,19). The van der Waals surface area contributed by atoms with E-state index in [0.717, 1.165) is 31.5 Å². The molecule has 2 N–H and O–H groups in total. The van der Waals surface area contributed by atoms with Crippen molar-refractivity contribution in [3.05, 3.63) is 35.9 Å². The molecule has 1 aromatic carbocycles. The van der Waals surface area contributed by atoms with Crippen LogP contribution in [0.4, 0.5) is 0 Å². The summed E-state index contributed by atoms with van der Waals surface area (Å²) in [5.74, 6) is 0.142. The Morgan fingerprint density at radius 3 is 2.47 bits per heavy atom. The summed E-state index contributed by atoms with van der Waals surface area (Å²) in [6.07, 6.45) is 1.72. The molecule has 1 aromatic rings. The Morgan fingerprint density at radius 1 is 1.26 bits per heavy atom. The molecule has 1 saturated heterocycles. The van der Waals surface area contributed by atoms with Crippen molar-refractivity contribution in [2.75, 3.05) is 27.2 Å². The van der Waals surface area contributed by atoms with Crippen molar-refractivity contribution >= 4 is 5.91 Å². The van der Waals surface area contributed by atoms with E-state index in [4.69, 9.17) is 0 Å². The Labute approximate surface area is 115 Å². The maximum Gasteiger partial charge on any atom is 0.240 e. The number of hydrogen-bond donors (Lipinski definition) is 2. The van der Waals surface area contributed by atoms with E-state index in [1.54, 1.807) is 0 Å². The van der Waals surface area contributed by atoms with Crippen molar-refractivity contribution in [1.82, 2.24) is 15.5 Å². The number of carbonyl (C=O) groups is 1. The summed E-state index contributed by atoms with van der Waals surface area (Å²) in [5.41, 5.74) is 0.777. The van der Waals surface area contributed by atoms with Gasteiger partial charge in [-0.05, 0) is 45.6 Å². The van der Waals surface area contributed by atoms with Crippen molar-refractivity contribution in [1.29, 1.82) is 0 Å². The molecule has 0 atom stereocenters. The van der Waals surface area contributed by atoms with E-state index in [1.807, 2.05) is 44.4 Å². The van der Waals surface area contributed by atoms with Gasteiger partial charge >= 0.3 is 0 Å². The molecule has 4 nitrogen and oxygen atoms in total. The fourth-order valence-corrected chi connectivity index (χ4v) is 2.66. The third kappa shape index (κ3) is 3.14. The first-order chi connectivity index (χ1) is 9.15. The summed E-state index contributed by atoms with van der Waals surface area (Å²) < 4.78 is 0. The minimum atomic E-state index is -0.361. The number of hydrogen-bond acceptors (Lipinski definition) is 3. The fraction of sp³-hybridized carbons (Fsp3) is 0.533. The van der Waals surface area contributed by atoms with E-state index < -0.39 is 0 Å². The second kappa shape index (κ2) is 6.17. The van der Waals surface area contributed by atoms with Gasteiger partial charge in [0.2, 0.25) is 5.91 Å². The van der Waals surface area contributed by atoms with Crippen LogP contribution in [0.25, 0.3) is 0 Å². The van der Waals surface area contributed by atoms with E-state index >= 15 is 0 Å². The minimum Gasteiger partial charge on any atom is -0.350 e. The number of rotatable bonds is 4. The van der Waals surface area contributed by atoms with Crippen LogP contribution in [0.5, 0.6) is 0 Å². The van der Waals surface area contributed by atoms with Gasteiger partial charge in [-0.3, -0.25) is 9.69 Å². The van der Waals surface area contributed by atoms with E-state index in [9.17, 15) is 4.79 Å². The molecule has 2 rings (SSSR count). The van der Waals surface area contributed by atoms with E-state index in [1.165, 1.54) is 0 Å². The van der Waals surface area contributed by atoms with Crippen LogP contribution in [-0.4, -0.2) is 43.5 Å². The zero-order chi connectivity index (χ0) is 13.7. The van der Waals surface area contributed by atoms with Crippen molar-refractivity contribution in [3.8, 4) is 0 Å². The average molecular weight is 261 g/mol. The topological polar surface area (TPSA) is 44.4 Å². The van der Waals surface area contributed by atoms with E-state index in [2.05, 4.69) is 15.5 Å². The number of nitrogens with zero attached hydrogens (tertiary/aromatic N) is 1. The highest BCUT2D eigenvalue weighted by Gasteiger charge is 2.41. The molecule has 1 aliphatic rings. The number of amides is 1. The van der Waals surface area contributed by atoms with Gasteiger partial charge in [-0.1, -0.05) is 30.3 Å². The lowest BCUT2D eigenvalue weighted by molar-refractivity contribution is -0.134. The molecule has 0 radical (unpaired) electrons. The van der Waals surface area contributed by atoms with E-state index in [-0.39, 0.29) is 11.4 Å². The van der Waals surface area contributed by atoms with Gasteiger partial charge < -0.3 is 10.6 Å². The first-order valence-electron chi connectivity index (χ1n) is 6.85. The van der Waals surface area contributed by atoms with Gasteiger partial charge in [0.1, 0.15) is 5.54 Å². The largest absolute Gasteiger partial charge is 0.350 e. The maximum absolute atomic E-state index is 12.6. The molecular weight excluding hydrogens is 238 g/mol. The lowest BCUT2D eigenvalue weighted by Crippen LogP contribution is -2.60. The number of likely N-dealkylation sites (N-methyl/N-ethyl adjacent to an activating group) is 1. The zero-order valence-corrected chi connectivity index (χ0v) is 11.8. The molecule has 19 heavy (non-hydrogen) atoms. The second-order valence-corrected chi connectivity index (χ2v) is 5.34. The summed E-state index contributed by atoms with van der Waals surface area (Å²) in [6, 6.07) is 10.0. The molecule has 0 aliphatic carbocycles. The summed E-state index contributed by atoms with van der Waals surface area (Å²) in [5, 5.41) is 6.40. The zero-order valence-electron chi connectivity index (χ0n) is 11.8. The summed E-state index contributed by atoms with van der Waals surface area (Å²) in [4.78, 5) is 14.6. The molecule has 0 spiro atoms. The summed E-state index contributed by atoms with van der Waals surface area (Å²) in [6.45, 7) is 2.40. The lowest BCUT2D eigenvalue weighted by atomic mass is 9.86. The Hall–Kier alpha value is -1.39. The van der Waals surface area contributed by atoms with Crippen LogP contribution in [0, 0.1) is 0 Å². The Bertz CT molecular complexity index is 411. The molecule has 0 bridgehead atoms.